The summed E-state index contributed by atoms with van der Waals surface area (Å²) in [6, 6.07) is 0. The number of alkyl halides is 3. The summed E-state index contributed by atoms with van der Waals surface area (Å²) in [4.78, 5) is 0. The van der Waals surface area contributed by atoms with Crippen LogP contribution in [0.1, 0.15) is 0 Å². The highest BCUT2D eigenvalue weighted by Crippen LogP contribution is 2.24. The lowest BCUT2D eigenvalue weighted by molar-refractivity contribution is -0.125. The Labute approximate surface area is 57.5 Å². The first-order valence-electron chi connectivity index (χ1n) is 1.85. The molecule has 0 unspecified atom stereocenters. The average Bonchev–Trinajstić information content (AvgIpc) is 1.61. The van der Waals surface area contributed by atoms with Gasteiger partial charge in [-0.05, 0) is 0 Å². The molecule has 0 aromatic heterocycles. The minimum atomic E-state index is -5.54. The van der Waals surface area contributed by atoms with Gasteiger partial charge in [0.25, 0.3) is 0 Å². The summed E-state index contributed by atoms with van der Waals surface area (Å²) >= 11 is 0. The van der Waals surface area contributed by atoms with Gasteiger partial charge in [-0.15, -0.1) is 4.33 Å². The molecule has 0 aliphatic heterocycles. The van der Waals surface area contributed by atoms with Crippen LogP contribution in [-0.4, -0.2) is 24.4 Å². The van der Waals surface area contributed by atoms with Crippen LogP contribution in [0.3, 0.4) is 0 Å². The van der Waals surface area contributed by atoms with E-state index in [1.165, 1.54) is 0 Å². The van der Waals surface area contributed by atoms with Gasteiger partial charge in [0.1, 0.15) is 0 Å². The Balaban J connectivity index is 4.44. The van der Waals surface area contributed by atoms with E-state index in [2.05, 4.69) is 8.91 Å². The molecule has 0 rings (SSSR count). The molecule has 0 N–H and O–H groups in total. The lowest BCUT2D eigenvalue weighted by Gasteiger charge is -2.04. The van der Waals surface area contributed by atoms with Crippen LogP contribution < -0.4 is 0 Å². The largest absolute Gasteiger partial charge is 0.525 e. The van der Waals surface area contributed by atoms with Gasteiger partial charge in [0.2, 0.25) is 0 Å². The zero-order valence-electron chi connectivity index (χ0n) is 4.68. The maximum atomic E-state index is 11.2. The van der Waals surface area contributed by atoms with Crippen molar-refractivity contribution in [3.8, 4) is 0 Å². The summed E-state index contributed by atoms with van der Waals surface area (Å²) < 4.78 is 59.8. The molecule has 4 nitrogen and oxygen atoms in total. The Morgan fingerprint density at radius 2 is 1.70 bits per heavy atom. The zero-order valence-corrected chi connectivity index (χ0v) is 7.49. The van der Waals surface area contributed by atoms with Crippen LogP contribution in [0.5, 0.6) is 0 Å². The Morgan fingerprint density at radius 1 is 1.30 bits per heavy atom. The summed E-state index contributed by atoms with van der Waals surface area (Å²) in [6.07, 6.45) is 0. The van der Waals surface area contributed by atoms with Crippen LogP contribution in [-0.2, 0) is 19.0 Å². The third kappa shape index (κ3) is 2.25. The summed E-state index contributed by atoms with van der Waals surface area (Å²) in [5, 5.41) is 0. The SMILES string of the molecule is O=S(=O)(OO[SiH3])C(F)(F)F. The van der Waals surface area contributed by atoms with Gasteiger partial charge in [0.15, 0.2) is 10.5 Å². The lowest BCUT2D eigenvalue weighted by Crippen LogP contribution is -2.25. The molecule has 0 aliphatic carbocycles. The molecule has 0 heterocycles. The topological polar surface area (TPSA) is 52.6 Å². The molecule has 0 atom stereocenters. The lowest BCUT2D eigenvalue weighted by atomic mass is 11.6. The fraction of sp³-hybridized carbons (Fsp3) is 1.00. The third-order valence-corrected chi connectivity index (χ3v) is 1.73. The fourth-order valence-corrected chi connectivity index (χ4v) is 0.922. The van der Waals surface area contributed by atoms with Crippen molar-refractivity contribution in [2.24, 2.45) is 0 Å². The second-order valence-electron chi connectivity index (χ2n) is 1.13. The standard InChI is InChI=1S/CH3F3O4SSi/c2-1(3,4)9(5,6)7-8-10/h10H3. The van der Waals surface area contributed by atoms with E-state index in [1.807, 2.05) is 0 Å². The molecule has 0 spiro atoms. The number of rotatable bonds is 2. The van der Waals surface area contributed by atoms with Gasteiger partial charge in [-0.1, -0.05) is 0 Å². The van der Waals surface area contributed by atoms with Crippen molar-refractivity contribution in [1.29, 1.82) is 0 Å². The van der Waals surface area contributed by atoms with E-state index in [0.717, 1.165) is 0 Å². The van der Waals surface area contributed by atoms with Crippen molar-refractivity contribution in [3.05, 3.63) is 0 Å². The first-order chi connectivity index (χ1) is 4.31. The predicted octanol–water partition coefficient (Wildman–Crippen LogP) is -0.935. The highest BCUT2D eigenvalue weighted by atomic mass is 32.2. The van der Waals surface area contributed by atoms with Crippen LogP contribution in [0.15, 0.2) is 0 Å². The summed E-state index contributed by atoms with van der Waals surface area (Å²) in [6.45, 7) is 0. The Kier molecular flexibility index (Phi) is 2.82. The summed E-state index contributed by atoms with van der Waals surface area (Å²) in [5.74, 6) is 0. The van der Waals surface area contributed by atoms with Crippen molar-refractivity contribution in [2.45, 2.75) is 5.51 Å². The van der Waals surface area contributed by atoms with Crippen molar-refractivity contribution in [2.75, 3.05) is 0 Å². The van der Waals surface area contributed by atoms with E-state index in [-0.39, 0.29) is 10.5 Å². The smallest absolute Gasteiger partial charge is 0.282 e. The maximum Gasteiger partial charge on any atom is 0.525 e. The second kappa shape index (κ2) is 2.86. The van der Waals surface area contributed by atoms with E-state index in [4.69, 9.17) is 0 Å². The zero-order chi connectivity index (χ0) is 8.41. The van der Waals surface area contributed by atoms with E-state index in [1.54, 1.807) is 0 Å². The highest BCUT2D eigenvalue weighted by molar-refractivity contribution is 7.87. The molecule has 0 aromatic carbocycles. The first kappa shape index (κ1) is 9.88. The highest BCUT2D eigenvalue weighted by Gasteiger charge is 2.48. The Morgan fingerprint density at radius 3 is 1.80 bits per heavy atom. The van der Waals surface area contributed by atoms with Gasteiger partial charge >= 0.3 is 15.6 Å². The minimum Gasteiger partial charge on any atom is -0.282 e. The molecule has 0 radical (unpaired) electrons. The van der Waals surface area contributed by atoms with Gasteiger partial charge in [-0.2, -0.15) is 21.6 Å². The van der Waals surface area contributed by atoms with E-state index in [0.29, 0.717) is 0 Å². The van der Waals surface area contributed by atoms with Crippen LogP contribution in [0.2, 0.25) is 0 Å². The van der Waals surface area contributed by atoms with Crippen LogP contribution in [0, 0.1) is 0 Å². The Bertz CT molecular complexity index is 193. The van der Waals surface area contributed by atoms with Gasteiger partial charge in [-0.25, -0.2) is 0 Å². The van der Waals surface area contributed by atoms with Crippen molar-refractivity contribution in [1.82, 2.24) is 0 Å². The molecule has 0 saturated carbocycles. The average molecular weight is 196 g/mol. The van der Waals surface area contributed by atoms with Crippen LogP contribution in [0.4, 0.5) is 13.2 Å². The number of hydrogen-bond acceptors (Lipinski definition) is 4. The molecule has 9 heteroatoms. The third-order valence-electron chi connectivity index (χ3n) is 0.441. The van der Waals surface area contributed by atoms with Crippen molar-refractivity contribution in [3.63, 3.8) is 0 Å². The molecule has 0 fully saturated rings. The van der Waals surface area contributed by atoms with Gasteiger partial charge in [-0.3, -0.25) is 4.58 Å². The molecule has 0 aromatic rings. The molecular weight excluding hydrogens is 193 g/mol. The monoisotopic (exact) mass is 196 g/mol. The molecule has 0 amide bonds. The van der Waals surface area contributed by atoms with Gasteiger partial charge in [0, 0.05) is 0 Å². The minimum absolute atomic E-state index is 0.248. The first-order valence-corrected chi connectivity index (χ1v) is 4.07. The summed E-state index contributed by atoms with van der Waals surface area (Å²) in [5.41, 5.74) is -5.41. The van der Waals surface area contributed by atoms with E-state index >= 15 is 0 Å². The molecule has 0 saturated heterocycles. The van der Waals surface area contributed by atoms with Crippen molar-refractivity contribution < 1.29 is 30.5 Å². The normalized spacial score (nSPS) is 13.9. The van der Waals surface area contributed by atoms with Crippen molar-refractivity contribution >= 4 is 20.6 Å². The molecule has 62 valence electrons. The molecular formula is CH3F3O4SSi. The fourth-order valence-electron chi connectivity index (χ4n) is 0.128. The van der Waals surface area contributed by atoms with Crippen LogP contribution in [0.25, 0.3) is 0 Å². The molecule has 0 bridgehead atoms. The summed E-state index contributed by atoms with van der Waals surface area (Å²) in [7, 11) is -5.78. The Hall–Kier alpha value is -0.123. The van der Waals surface area contributed by atoms with Crippen LogP contribution >= 0.6 is 0 Å². The molecule has 10 heavy (non-hydrogen) atoms. The predicted molar refractivity (Wildman–Crippen MR) is 27.1 cm³/mol. The maximum absolute atomic E-state index is 11.2. The number of halogens is 3. The van der Waals surface area contributed by atoms with E-state index < -0.39 is 15.6 Å². The number of hydrogen-bond donors (Lipinski definition) is 0. The second-order valence-corrected chi connectivity index (χ2v) is 2.98. The quantitative estimate of drug-likeness (QED) is 0.248. The molecule has 0 aliphatic rings. The van der Waals surface area contributed by atoms with E-state index in [9.17, 15) is 21.6 Å². The van der Waals surface area contributed by atoms with Gasteiger partial charge < -0.3 is 0 Å². The van der Waals surface area contributed by atoms with Gasteiger partial charge in [0.05, 0.1) is 0 Å².